The smallest absolute Gasteiger partial charge is 0.262 e. The fourth-order valence-electron chi connectivity index (χ4n) is 2.65. The van der Waals surface area contributed by atoms with Crippen LogP contribution in [0.1, 0.15) is 25.5 Å². The number of nitrogens with one attached hydrogen (secondary N) is 1. The average Bonchev–Trinajstić information content (AvgIpc) is 3.17. The molecule has 1 aliphatic rings. The minimum absolute atomic E-state index is 0.0139. The summed E-state index contributed by atoms with van der Waals surface area (Å²) < 4.78 is 28.2. The van der Waals surface area contributed by atoms with E-state index in [1.165, 1.54) is 32.7 Å². The fraction of sp³-hybridized carbons (Fsp3) is 0.533. The van der Waals surface area contributed by atoms with Gasteiger partial charge in [-0.2, -0.15) is 4.31 Å². The molecule has 1 aliphatic heterocycles. The van der Waals surface area contributed by atoms with Gasteiger partial charge in [0.15, 0.2) is 10.2 Å². The van der Waals surface area contributed by atoms with Gasteiger partial charge in [-0.25, -0.2) is 18.4 Å². The Kier molecular flexibility index (Phi) is 5.21. The third kappa shape index (κ3) is 4.25. The molecule has 136 valence electrons. The molecule has 0 atom stereocenters. The van der Waals surface area contributed by atoms with E-state index in [9.17, 15) is 13.2 Å². The first kappa shape index (κ1) is 18.0. The number of rotatable bonds is 5. The van der Waals surface area contributed by atoms with Gasteiger partial charge in [-0.05, 0) is 25.7 Å². The lowest BCUT2D eigenvalue weighted by Crippen LogP contribution is -2.38. The maximum atomic E-state index is 12.6. The fourth-order valence-corrected chi connectivity index (χ4v) is 4.76. The minimum atomic E-state index is -3.60. The molecule has 0 aromatic carbocycles. The number of sulfonamides is 1. The topological polar surface area (TPSA) is 97.2 Å². The lowest BCUT2D eigenvalue weighted by molar-refractivity contribution is -0.116. The van der Waals surface area contributed by atoms with E-state index < -0.39 is 10.0 Å². The molecule has 0 spiro atoms. The van der Waals surface area contributed by atoms with E-state index in [0.29, 0.717) is 24.1 Å². The summed E-state index contributed by atoms with van der Waals surface area (Å²) >= 11 is 1.35. The maximum Gasteiger partial charge on any atom is 0.262 e. The van der Waals surface area contributed by atoms with Gasteiger partial charge in [0.25, 0.3) is 10.0 Å². The van der Waals surface area contributed by atoms with E-state index >= 15 is 0 Å². The maximum absolute atomic E-state index is 12.6. The summed E-state index contributed by atoms with van der Waals surface area (Å²) in [6.07, 6.45) is 4.48. The highest BCUT2D eigenvalue weighted by atomic mass is 32.2. The van der Waals surface area contributed by atoms with Crippen LogP contribution in [-0.4, -0.2) is 46.3 Å². The van der Waals surface area contributed by atoms with Crippen molar-refractivity contribution >= 4 is 32.4 Å². The molecule has 10 heteroatoms. The third-order valence-electron chi connectivity index (χ3n) is 4.15. The molecule has 3 rings (SSSR count). The molecule has 0 aliphatic carbocycles. The normalized spacial score (nSPS) is 16.9. The van der Waals surface area contributed by atoms with Crippen LogP contribution in [0, 0.1) is 12.8 Å². The molecule has 0 unspecified atom stereocenters. The van der Waals surface area contributed by atoms with Crippen LogP contribution < -0.4 is 5.32 Å². The van der Waals surface area contributed by atoms with Crippen molar-refractivity contribution < 1.29 is 13.2 Å². The highest BCUT2D eigenvalue weighted by Gasteiger charge is 2.29. The quantitative estimate of drug-likeness (QED) is 0.848. The standard InChI is InChI=1S/C15H21N5O3S2/c1-11-3-5-20(6-4-11)25(22,23)14-8-19(10-16-14)7-13(21)18-15-17-12(2)9-24-15/h8-11H,3-7H2,1-2H3,(H,17,18,21). The molecule has 0 bridgehead atoms. The second-order valence-electron chi connectivity index (χ2n) is 6.31. The molecule has 0 radical (unpaired) electrons. The van der Waals surface area contributed by atoms with Crippen molar-refractivity contribution in [3.8, 4) is 0 Å². The number of nitrogens with zero attached hydrogens (tertiary/aromatic N) is 4. The summed E-state index contributed by atoms with van der Waals surface area (Å²) in [4.78, 5) is 20.2. The number of thiazole rings is 1. The van der Waals surface area contributed by atoms with Gasteiger partial charge in [0.1, 0.15) is 6.54 Å². The van der Waals surface area contributed by atoms with Crippen LogP contribution in [0.4, 0.5) is 5.13 Å². The molecule has 0 saturated carbocycles. The van der Waals surface area contributed by atoms with Gasteiger partial charge >= 0.3 is 0 Å². The predicted octanol–water partition coefficient (Wildman–Crippen LogP) is 1.71. The van der Waals surface area contributed by atoms with Gasteiger partial charge in [0.2, 0.25) is 5.91 Å². The number of hydrogen-bond donors (Lipinski definition) is 1. The van der Waals surface area contributed by atoms with Gasteiger partial charge in [-0.3, -0.25) is 4.79 Å². The Balaban J connectivity index is 1.64. The first-order valence-electron chi connectivity index (χ1n) is 8.08. The molecule has 1 fully saturated rings. The molecule has 2 aromatic rings. The Morgan fingerprint density at radius 1 is 1.40 bits per heavy atom. The zero-order chi connectivity index (χ0) is 18.0. The van der Waals surface area contributed by atoms with E-state index in [0.717, 1.165) is 18.5 Å². The SMILES string of the molecule is Cc1csc(NC(=O)Cn2cnc(S(=O)(=O)N3CCC(C)CC3)c2)n1. The molecular weight excluding hydrogens is 362 g/mol. The number of imidazole rings is 1. The van der Waals surface area contributed by atoms with Crippen LogP contribution in [0.25, 0.3) is 0 Å². The molecule has 8 nitrogen and oxygen atoms in total. The molecule has 1 N–H and O–H groups in total. The second-order valence-corrected chi connectivity index (χ2v) is 9.06. The first-order chi connectivity index (χ1) is 11.8. The van der Waals surface area contributed by atoms with E-state index in [1.54, 1.807) is 0 Å². The van der Waals surface area contributed by atoms with Crippen molar-refractivity contribution in [2.75, 3.05) is 18.4 Å². The van der Waals surface area contributed by atoms with Crippen molar-refractivity contribution in [2.45, 2.75) is 38.3 Å². The number of anilines is 1. The van der Waals surface area contributed by atoms with Crippen LogP contribution in [0.2, 0.25) is 0 Å². The Hall–Kier alpha value is -1.78. The van der Waals surface area contributed by atoms with Crippen LogP contribution in [0.5, 0.6) is 0 Å². The number of aromatic nitrogens is 3. The predicted molar refractivity (Wildman–Crippen MR) is 94.9 cm³/mol. The third-order valence-corrected chi connectivity index (χ3v) is 6.81. The van der Waals surface area contributed by atoms with Crippen LogP contribution in [0.15, 0.2) is 22.9 Å². The van der Waals surface area contributed by atoms with E-state index in [2.05, 4.69) is 22.2 Å². The molecular formula is C15H21N5O3S2. The van der Waals surface area contributed by atoms with Gasteiger partial charge in [-0.15, -0.1) is 11.3 Å². The molecule has 25 heavy (non-hydrogen) atoms. The summed E-state index contributed by atoms with van der Waals surface area (Å²) in [5, 5.41) is 5.04. The number of hydrogen-bond acceptors (Lipinski definition) is 6. The summed E-state index contributed by atoms with van der Waals surface area (Å²) in [7, 11) is -3.60. The van der Waals surface area contributed by atoms with Crippen molar-refractivity contribution in [2.24, 2.45) is 5.92 Å². The molecule has 3 heterocycles. The largest absolute Gasteiger partial charge is 0.327 e. The average molecular weight is 383 g/mol. The van der Waals surface area contributed by atoms with Gasteiger partial charge in [0.05, 0.1) is 12.0 Å². The highest BCUT2D eigenvalue weighted by molar-refractivity contribution is 7.89. The molecule has 2 aromatic heterocycles. The van der Waals surface area contributed by atoms with Gasteiger partial charge in [0, 0.05) is 24.7 Å². The van der Waals surface area contributed by atoms with Crippen molar-refractivity contribution in [3.63, 3.8) is 0 Å². The van der Waals surface area contributed by atoms with Gasteiger partial charge < -0.3 is 9.88 Å². The Morgan fingerprint density at radius 2 is 2.12 bits per heavy atom. The number of piperidine rings is 1. The van der Waals surface area contributed by atoms with E-state index in [4.69, 9.17) is 0 Å². The monoisotopic (exact) mass is 383 g/mol. The van der Waals surface area contributed by atoms with Crippen LogP contribution in [0.3, 0.4) is 0 Å². The van der Waals surface area contributed by atoms with Gasteiger partial charge in [-0.1, -0.05) is 6.92 Å². The minimum Gasteiger partial charge on any atom is -0.327 e. The Bertz CT molecular complexity index is 850. The summed E-state index contributed by atoms with van der Waals surface area (Å²) in [5.74, 6) is 0.268. The molecule has 1 saturated heterocycles. The van der Waals surface area contributed by atoms with Crippen molar-refractivity contribution in [3.05, 3.63) is 23.6 Å². The zero-order valence-electron chi connectivity index (χ0n) is 14.2. The summed E-state index contributed by atoms with van der Waals surface area (Å²) in [6.45, 7) is 4.99. The first-order valence-corrected chi connectivity index (χ1v) is 10.4. The van der Waals surface area contributed by atoms with E-state index in [-0.39, 0.29) is 17.5 Å². The number of carbonyl (C=O) groups is 1. The second kappa shape index (κ2) is 7.22. The highest BCUT2D eigenvalue weighted by Crippen LogP contribution is 2.22. The van der Waals surface area contributed by atoms with Crippen LogP contribution in [-0.2, 0) is 21.4 Å². The number of aryl methyl sites for hydroxylation is 1. The number of carbonyl (C=O) groups excluding carboxylic acids is 1. The van der Waals surface area contributed by atoms with Crippen LogP contribution >= 0.6 is 11.3 Å². The Labute approximate surface area is 150 Å². The lowest BCUT2D eigenvalue weighted by Gasteiger charge is -2.28. The zero-order valence-corrected chi connectivity index (χ0v) is 15.8. The summed E-state index contributed by atoms with van der Waals surface area (Å²) in [6, 6.07) is 0. The van der Waals surface area contributed by atoms with Crippen molar-refractivity contribution in [1.82, 2.24) is 18.8 Å². The van der Waals surface area contributed by atoms with E-state index in [1.807, 2.05) is 12.3 Å². The molecule has 1 amide bonds. The Morgan fingerprint density at radius 3 is 2.76 bits per heavy atom. The summed E-state index contributed by atoms with van der Waals surface area (Å²) in [5.41, 5.74) is 0.840. The lowest BCUT2D eigenvalue weighted by atomic mass is 10.0. The number of amides is 1. The van der Waals surface area contributed by atoms with Crippen molar-refractivity contribution in [1.29, 1.82) is 0 Å².